The van der Waals surface area contributed by atoms with Gasteiger partial charge in [0.15, 0.2) is 15.6 Å². The molecule has 0 aliphatic carbocycles. The molecule has 2 aromatic rings. The van der Waals surface area contributed by atoms with E-state index in [-0.39, 0.29) is 4.91 Å². The van der Waals surface area contributed by atoms with Gasteiger partial charge in [-0.15, -0.1) is 0 Å². The van der Waals surface area contributed by atoms with Gasteiger partial charge in [-0.25, -0.2) is 8.42 Å². The molecule has 24 heavy (non-hydrogen) atoms. The van der Waals surface area contributed by atoms with Crippen LogP contribution in [0.1, 0.15) is 11.6 Å². The summed E-state index contributed by atoms with van der Waals surface area (Å²) in [6.45, 7) is 0. The van der Waals surface area contributed by atoms with Crippen LogP contribution in [-0.4, -0.2) is 25.7 Å². The maximum atomic E-state index is 12.6. The summed E-state index contributed by atoms with van der Waals surface area (Å²) in [5.74, 6) is -1.45. The molecule has 0 radical (unpaired) electrons. The second-order valence-corrected chi connectivity index (χ2v) is 8.35. The quantitative estimate of drug-likeness (QED) is 0.846. The van der Waals surface area contributed by atoms with Crippen LogP contribution < -0.4 is 4.90 Å². The molecule has 0 aromatic heterocycles. The molecule has 124 valence electrons. The molecule has 0 fully saturated rings. The highest BCUT2D eigenvalue weighted by atomic mass is 79.9. The molecule has 1 atom stereocenters. The highest BCUT2D eigenvalue weighted by molar-refractivity contribution is 9.10. The minimum absolute atomic E-state index is 0.279. The van der Waals surface area contributed by atoms with Gasteiger partial charge in [0.25, 0.3) is 5.91 Å². The number of amides is 1. The predicted octanol–water partition coefficient (Wildman–Crippen LogP) is 3.35. The zero-order chi connectivity index (χ0) is 17.5. The smallest absolute Gasteiger partial charge is 0.295 e. The van der Waals surface area contributed by atoms with Gasteiger partial charge >= 0.3 is 0 Å². The molecule has 2 aromatic carbocycles. The Kier molecular flexibility index (Phi) is 4.23. The topological polar surface area (TPSA) is 74.7 Å². The van der Waals surface area contributed by atoms with E-state index in [0.717, 1.165) is 10.7 Å². The number of hydrogen-bond acceptors (Lipinski definition) is 4. The van der Waals surface area contributed by atoms with Crippen molar-refractivity contribution >= 4 is 37.4 Å². The summed E-state index contributed by atoms with van der Waals surface area (Å²) in [5, 5.41) is 10.2. The lowest BCUT2D eigenvalue weighted by Gasteiger charge is -2.26. The highest BCUT2D eigenvalue weighted by Gasteiger charge is 2.45. The summed E-state index contributed by atoms with van der Waals surface area (Å²) in [6, 6.07) is 14.8. The Balaban J connectivity index is 2.23. The van der Waals surface area contributed by atoms with Crippen molar-refractivity contribution in [2.75, 3.05) is 11.2 Å². The van der Waals surface area contributed by atoms with Crippen LogP contribution >= 0.6 is 15.9 Å². The van der Waals surface area contributed by atoms with Crippen LogP contribution in [-0.2, 0) is 14.6 Å². The monoisotopic (exact) mass is 407 g/mol. The minimum atomic E-state index is -3.78. The molecule has 1 amide bonds. The van der Waals surface area contributed by atoms with Crippen molar-refractivity contribution in [1.82, 2.24) is 0 Å². The summed E-state index contributed by atoms with van der Waals surface area (Å²) < 4.78 is 25.3. The fraction of sp³-hybridized carbons (Fsp3) is 0.118. The van der Waals surface area contributed by atoms with Gasteiger partial charge in [-0.05, 0) is 29.8 Å². The summed E-state index contributed by atoms with van der Waals surface area (Å²) in [7, 11) is -3.78. The molecule has 0 saturated heterocycles. The molecule has 7 heteroatoms. The third-order valence-corrected chi connectivity index (χ3v) is 5.53. The van der Waals surface area contributed by atoms with E-state index in [9.17, 15) is 18.3 Å². The predicted molar refractivity (Wildman–Crippen MR) is 95.3 cm³/mol. The summed E-state index contributed by atoms with van der Waals surface area (Å²) >= 11 is 3.33. The number of nitrogens with zero attached hydrogens (tertiary/aromatic N) is 1. The van der Waals surface area contributed by atoms with E-state index in [1.807, 2.05) is 0 Å². The SMILES string of the molecule is CS(=O)(=O)C1=C(O)C(=O)N(c2ccccc2)[C@H]1c1ccc(Br)cc1. The van der Waals surface area contributed by atoms with Crippen LogP contribution in [0.5, 0.6) is 0 Å². The van der Waals surface area contributed by atoms with Gasteiger partial charge in [-0.2, -0.15) is 0 Å². The Bertz CT molecular complexity index is 921. The average molecular weight is 408 g/mol. The van der Waals surface area contributed by atoms with E-state index < -0.39 is 27.5 Å². The average Bonchev–Trinajstić information content (AvgIpc) is 2.81. The lowest BCUT2D eigenvalue weighted by Crippen LogP contribution is -2.30. The van der Waals surface area contributed by atoms with Gasteiger partial charge in [0.1, 0.15) is 10.9 Å². The van der Waals surface area contributed by atoms with Crippen molar-refractivity contribution < 1.29 is 18.3 Å². The first-order valence-electron chi connectivity index (χ1n) is 7.08. The summed E-state index contributed by atoms with van der Waals surface area (Å²) in [4.78, 5) is 13.6. The zero-order valence-corrected chi connectivity index (χ0v) is 15.1. The van der Waals surface area contributed by atoms with Gasteiger partial charge in [-0.1, -0.05) is 46.3 Å². The Morgan fingerprint density at radius 1 is 1.04 bits per heavy atom. The van der Waals surface area contributed by atoms with Crippen molar-refractivity contribution in [3.63, 3.8) is 0 Å². The first kappa shape index (κ1) is 16.7. The van der Waals surface area contributed by atoms with Gasteiger partial charge in [0, 0.05) is 16.4 Å². The molecular weight excluding hydrogens is 394 g/mol. The van der Waals surface area contributed by atoms with E-state index in [0.29, 0.717) is 11.3 Å². The minimum Gasteiger partial charge on any atom is -0.502 e. The molecule has 3 rings (SSSR count). The van der Waals surface area contributed by atoms with Crippen LogP contribution in [0.25, 0.3) is 0 Å². The fourth-order valence-corrected chi connectivity index (χ4v) is 4.11. The van der Waals surface area contributed by atoms with Crippen molar-refractivity contribution in [1.29, 1.82) is 0 Å². The zero-order valence-electron chi connectivity index (χ0n) is 12.7. The highest BCUT2D eigenvalue weighted by Crippen LogP contribution is 2.42. The maximum absolute atomic E-state index is 12.6. The molecule has 1 aliphatic rings. The number of rotatable bonds is 3. The van der Waals surface area contributed by atoms with Crippen LogP contribution in [0.3, 0.4) is 0 Å². The molecule has 1 N–H and O–H groups in total. The number of halogens is 1. The first-order chi connectivity index (χ1) is 11.3. The summed E-state index contributed by atoms with van der Waals surface area (Å²) in [5.41, 5.74) is 1.11. The lowest BCUT2D eigenvalue weighted by atomic mass is 10.1. The van der Waals surface area contributed by atoms with Crippen LogP contribution in [0.2, 0.25) is 0 Å². The van der Waals surface area contributed by atoms with Gasteiger partial charge in [0.05, 0.1) is 0 Å². The molecule has 0 bridgehead atoms. The molecule has 5 nitrogen and oxygen atoms in total. The van der Waals surface area contributed by atoms with Gasteiger partial charge in [-0.3, -0.25) is 9.69 Å². The summed E-state index contributed by atoms with van der Waals surface area (Å²) in [6.07, 6.45) is 0.992. The van der Waals surface area contributed by atoms with Crippen molar-refractivity contribution in [3.05, 3.63) is 75.3 Å². The fourth-order valence-electron chi connectivity index (χ4n) is 2.76. The first-order valence-corrected chi connectivity index (χ1v) is 9.76. The second kappa shape index (κ2) is 6.07. The van der Waals surface area contributed by atoms with E-state index in [2.05, 4.69) is 15.9 Å². The van der Waals surface area contributed by atoms with Crippen molar-refractivity contribution in [2.24, 2.45) is 0 Å². The van der Waals surface area contributed by atoms with Crippen molar-refractivity contribution in [2.45, 2.75) is 6.04 Å². The largest absolute Gasteiger partial charge is 0.502 e. The third kappa shape index (κ3) is 2.85. The van der Waals surface area contributed by atoms with E-state index in [1.165, 1.54) is 4.90 Å². The second-order valence-electron chi connectivity index (χ2n) is 5.45. The number of sulfone groups is 1. The number of carbonyl (C=O) groups is 1. The standard InChI is InChI=1S/C17H14BrNO4S/c1-24(22,23)16-14(11-7-9-12(18)10-8-11)19(17(21)15(16)20)13-5-3-2-4-6-13/h2-10,14,20H,1H3/t14-/m0/s1. The molecule has 1 aliphatic heterocycles. The number of aliphatic hydroxyl groups is 1. The van der Waals surface area contributed by atoms with Gasteiger partial charge in [0.2, 0.25) is 0 Å². The van der Waals surface area contributed by atoms with E-state index >= 15 is 0 Å². The lowest BCUT2D eigenvalue weighted by molar-refractivity contribution is -0.117. The number of para-hydroxylation sites is 1. The third-order valence-electron chi connectivity index (χ3n) is 3.78. The number of carbonyl (C=O) groups excluding carboxylic acids is 1. The number of aliphatic hydroxyl groups excluding tert-OH is 1. The molecule has 1 heterocycles. The van der Waals surface area contributed by atoms with Crippen LogP contribution in [0, 0.1) is 0 Å². The Labute approximate surface area is 148 Å². The Morgan fingerprint density at radius 3 is 2.17 bits per heavy atom. The maximum Gasteiger partial charge on any atom is 0.295 e. The number of hydrogen-bond donors (Lipinski definition) is 1. The van der Waals surface area contributed by atoms with Gasteiger partial charge < -0.3 is 5.11 Å². The molecule has 0 saturated carbocycles. The molecule has 0 unspecified atom stereocenters. The molecule has 0 spiro atoms. The number of anilines is 1. The normalized spacial score (nSPS) is 18.3. The Morgan fingerprint density at radius 2 is 1.62 bits per heavy atom. The Hall–Kier alpha value is -2.12. The van der Waals surface area contributed by atoms with E-state index in [1.54, 1.807) is 54.6 Å². The molecular formula is C17H14BrNO4S. The van der Waals surface area contributed by atoms with Crippen LogP contribution in [0.15, 0.2) is 69.7 Å². The van der Waals surface area contributed by atoms with E-state index in [4.69, 9.17) is 0 Å². The van der Waals surface area contributed by atoms with Crippen molar-refractivity contribution in [3.8, 4) is 0 Å². The van der Waals surface area contributed by atoms with Crippen LogP contribution in [0.4, 0.5) is 5.69 Å². The number of benzene rings is 2.